The van der Waals surface area contributed by atoms with Gasteiger partial charge < -0.3 is 0 Å². The summed E-state index contributed by atoms with van der Waals surface area (Å²) in [6, 6.07) is 9.07. The van der Waals surface area contributed by atoms with Crippen LogP contribution >= 0.6 is 23.2 Å². The van der Waals surface area contributed by atoms with Crippen LogP contribution in [0.2, 0.25) is 10.0 Å². The summed E-state index contributed by atoms with van der Waals surface area (Å²) in [5.74, 6) is 0. The molecule has 0 unspecified atom stereocenters. The minimum absolute atomic E-state index is 0.0243. The molecule has 0 aliphatic carbocycles. The second-order valence-electron chi connectivity index (χ2n) is 4.81. The number of alkyl halides is 3. The molecule has 130 valence electrons. The summed E-state index contributed by atoms with van der Waals surface area (Å²) >= 11 is 11.5. The first-order chi connectivity index (χ1) is 11.6. The van der Waals surface area contributed by atoms with E-state index in [-0.39, 0.29) is 15.5 Å². The van der Waals surface area contributed by atoms with Gasteiger partial charge in [0, 0.05) is 10.0 Å². The molecule has 2 aromatic carbocycles. The minimum Gasteiger partial charge on any atom is -0.218 e. The molecule has 0 aliphatic rings. The highest BCUT2D eigenvalue weighted by Crippen LogP contribution is 2.33. The highest BCUT2D eigenvalue weighted by atomic mass is 35.5. The molecule has 0 bridgehead atoms. The second-order valence-corrected chi connectivity index (χ2v) is 7.57. The van der Waals surface area contributed by atoms with Crippen molar-refractivity contribution in [1.82, 2.24) is 0 Å². The lowest BCUT2D eigenvalue weighted by atomic mass is 10.1. The molecule has 0 fully saturated rings. The number of hydrogen-bond donors (Lipinski definition) is 0. The van der Waals surface area contributed by atoms with Crippen molar-refractivity contribution in [2.45, 2.75) is 11.1 Å². The lowest BCUT2D eigenvalue weighted by Gasteiger charge is -2.08. The first-order valence-electron chi connectivity index (χ1n) is 6.55. The van der Waals surface area contributed by atoms with Crippen molar-refractivity contribution in [2.75, 3.05) is 0 Å². The molecule has 0 atom stereocenters. The topological polar surface area (TPSA) is 57.9 Å². The Hall–Kier alpha value is -2.01. The van der Waals surface area contributed by atoms with Crippen LogP contribution in [0.3, 0.4) is 0 Å². The third kappa shape index (κ3) is 4.34. The number of hydrogen-bond acceptors (Lipinski definition) is 3. The Morgan fingerprint density at radius 2 is 1.68 bits per heavy atom. The van der Waals surface area contributed by atoms with Crippen LogP contribution in [-0.4, -0.2) is 8.42 Å². The van der Waals surface area contributed by atoms with Crippen LogP contribution in [-0.2, 0) is 16.0 Å². The highest BCUT2D eigenvalue weighted by molar-refractivity contribution is 7.95. The Balaban J connectivity index is 2.51. The van der Waals surface area contributed by atoms with Crippen molar-refractivity contribution >= 4 is 39.1 Å². The fourth-order valence-corrected chi connectivity index (χ4v) is 3.38. The number of rotatable bonds is 3. The van der Waals surface area contributed by atoms with Gasteiger partial charge in [-0.2, -0.15) is 18.4 Å². The molecule has 0 amide bonds. The van der Waals surface area contributed by atoms with Gasteiger partial charge in [-0.3, -0.25) is 0 Å². The van der Waals surface area contributed by atoms with E-state index in [9.17, 15) is 21.6 Å². The van der Waals surface area contributed by atoms with E-state index in [4.69, 9.17) is 28.5 Å². The summed E-state index contributed by atoms with van der Waals surface area (Å²) < 4.78 is 62.8. The van der Waals surface area contributed by atoms with Gasteiger partial charge in [-0.1, -0.05) is 29.3 Å². The maximum atomic E-state index is 12.6. The van der Waals surface area contributed by atoms with E-state index in [1.807, 2.05) is 0 Å². The van der Waals surface area contributed by atoms with E-state index in [0.29, 0.717) is 11.1 Å². The third-order valence-corrected chi connectivity index (χ3v) is 5.40. The van der Waals surface area contributed by atoms with Gasteiger partial charge in [0.25, 0.3) is 0 Å². The van der Waals surface area contributed by atoms with Crippen LogP contribution in [0.1, 0.15) is 11.1 Å². The number of sulfone groups is 1. The average molecular weight is 406 g/mol. The number of nitrogens with zero attached hydrogens (tertiary/aromatic N) is 1. The maximum absolute atomic E-state index is 12.6. The third-order valence-electron chi connectivity index (χ3n) is 3.14. The van der Waals surface area contributed by atoms with Gasteiger partial charge in [-0.05, 0) is 48.0 Å². The molecule has 0 saturated heterocycles. The summed E-state index contributed by atoms with van der Waals surface area (Å²) in [6.07, 6.45) is -3.66. The Morgan fingerprint density at radius 1 is 1.08 bits per heavy atom. The van der Waals surface area contributed by atoms with Gasteiger partial charge in [0.2, 0.25) is 9.84 Å². The van der Waals surface area contributed by atoms with Crippen LogP contribution < -0.4 is 0 Å². The standard InChI is InChI=1S/C16H8Cl2F3NO2S/c17-12-3-5-13(6-4-12)25(23,24)14(9-22)7-10-1-2-11(8-15(10)18)16(19,20)21/h1-8H/b14-7+. The molecule has 2 rings (SSSR count). The van der Waals surface area contributed by atoms with Crippen LogP contribution in [0.25, 0.3) is 6.08 Å². The van der Waals surface area contributed by atoms with E-state index in [1.54, 1.807) is 0 Å². The lowest BCUT2D eigenvalue weighted by Crippen LogP contribution is -2.05. The van der Waals surface area contributed by atoms with Gasteiger partial charge in [0.1, 0.15) is 11.0 Å². The van der Waals surface area contributed by atoms with Crippen LogP contribution in [0.15, 0.2) is 52.3 Å². The number of allylic oxidation sites excluding steroid dienone is 1. The predicted molar refractivity (Wildman–Crippen MR) is 88.7 cm³/mol. The zero-order chi connectivity index (χ0) is 18.8. The Morgan fingerprint density at radius 3 is 2.16 bits per heavy atom. The van der Waals surface area contributed by atoms with E-state index in [1.165, 1.54) is 30.3 Å². The Bertz CT molecular complexity index is 976. The van der Waals surface area contributed by atoms with Crippen molar-refractivity contribution < 1.29 is 21.6 Å². The van der Waals surface area contributed by atoms with Gasteiger partial charge in [-0.25, -0.2) is 8.42 Å². The summed E-state index contributed by atoms with van der Waals surface area (Å²) in [5, 5.41) is 9.15. The fraction of sp³-hybridized carbons (Fsp3) is 0.0625. The lowest BCUT2D eigenvalue weighted by molar-refractivity contribution is -0.137. The summed E-state index contributed by atoms with van der Waals surface area (Å²) in [4.78, 5) is -0.829. The molecule has 25 heavy (non-hydrogen) atoms. The Labute approximate surface area is 151 Å². The molecular weight excluding hydrogens is 398 g/mol. The normalized spacial score (nSPS) is 12.7. The zero-order valence-corrected chi connectivity index (χ0v) is 14.5. The van der Waals surface area contributed by atoms with E-state index >= 15 is 0 Å². The van der Waals surface area contributed by atoms with Crippen LogP contribution in [0, 0.1) is 11.3 Å². The first-order valence-corrected chi connectivity index (χ1v) is 8.79. The highest BCUT2D eigenvalue weighted by Gasteiger charge is 2.31. The molecule has 0 N–H and O–H groups in total. The van der Waals surface area contributed by atoms with E-state index in [2.05, 4.69) is 0 Å². The summed E-state index contributed by atoms with van der Waals surface area (Å²) in [6.45, 7) is 0. The summed E-state index contributed by atoms with van der Waals surface area (Å²) in [7, 11) is -4.16. The smallest absolute Gasteiger partial charge is 0.218 e. The zero-order valence-electron chi connectivity index (χ0n) is 12.2. The molecule has 0 radical (unpaired) electrons. The van der Waals surface area contributed by atoms with Crippen molar-refractivity contribution in [3.8, 4) is 6.07 Å². The molecule has 3 nitrogen and oxygen atoms in total. The van der Waals surface area contributed by atoms with Crippen molar-refractivity contribution in [3.05, 3.63) is 68.5 Å². The number of nitriles is 1. The molecule has 0 aliphatic heterocycles. The minimum atomic E-state index is -4.58. The van der Waals surface area contributed by atoms with Crippen molar-refractivity contribution in [1.29, 1.82) is 5.26 Å². The monoisotopic (exact) mass is 405 g/mol. The van der Waals surface area contributed by atoms with Gasteiger partial charge in [0.05, 0.1) is 10.5 Å². The first kappa shape index (κ1) is 19.3. The van der Waals surface area contributed by atoms with Crippen molar-refractivity contribution in [3.63, 3.8) is 0 Å². The average Bonchev–Trinajstić information content (AvgIpc) is 2.53. The predicted octanol–water partition coefficient (Wildman–Crippen LogP) is 5.35. The van der Waals surface area contributed by atoms with Crippen molar-refractivity contribution in [2.24, 2.45) is 0 Å². The molecule has 2 aromatic rings. The van der Waals surface area contributed by atoms with Crippen LogP contribution in [0.4, 0.5) is 13.2 Å². The Kier molecular flexibility index (Phi) is 5.47. The number of halogens is 5. The molecule has 0 heterocycles. The molecular formula is C16H8Cl2F3NO2S. The van der Waals surface area contributed by atoms with E-state index in [0.717, 1.165) is 18.2 Å². The quantitative estimate of drug-likeness (QED) is 0.646. The second kappa shape index (κ2) is 7.08. The maximum Gasteiger partial charge on any atom is 0.416 e. The molecule has 9 heteroatoms. The number of benzene rings is 2. The SMILES string of the molecule is N#C/C(=C\c1ccc(C(F)(F)F)cc1Cl)S(=O)(=O)c1ccc(Cl)cc1. The van der Waals surface area contributed by atoms with E-state index < -0.39 is 26.5 Å². The summed E-state index contributed by atoms with van der Waals surface area (Å²) in [5.41, 5.74) is -1.00. The fourth-order valence-electron chi connectivity index (χ4n) is 1.87. The van der Waals surface area contributed by atoms with Gasteiger partial charge in [-0.15, -0.1) is 0 Å². The van der Waals surface area contributed by atoms with Gasteiger partial charge >= 0.3 is 6.18 Å². The molecule has 0 spiro atoms. The molecule has 0 saturated carbocycles. The molecule has 0 aromatic heterocycles. The largest absolute Gasteiger partial charge is 0.416 e. The van der Waals surface area contributed by atoms with Gasteiger partial charge in [0.15, 0.2) is 0 Å². The van der Waals surface area contributed by atoms with Crippen LogP contribution in [0.5, 0.6) is 0 Å².